The Balaban J connectivity index is 1.30. The number of hydrogen-bond donors (Lipinski definition) is 0. The first kappa shape index (κ1) is 27.2. The van der Waals surface area contributed by atoms with Crippen molar-refractivity contribution in [2.75, 3.05) is 0 Å². The molecular formula is C34H23Cl3N2O2S. The fourth-order valence-electron chi connectivity index (χ4n) is 5.61. The minimum Gasteiger partial charge on any atom is -0.489 e. The van der Waals surface area contributed by atoms with Gasteiger partial charge in [0.1, 0.15) is 12.4 Å². The van der Waals surface area contributed by atoms with Crippen LogP contribution in [0.2, 0.25) is 15.1 Å². The zero-order chi connectivity index (χ0) is 28.8. The minimum absolute atomic E-state index is 0.0663. The maximum absolute atomic E-state index is 14.0. The molecule has 8 heteroatoms. The Morgan fingerprint density at radius 2 is 1.71 bits per heavy atom. The molecule has 5 aromatic rings. The third kappa shape index (κ3) is 5.12. The normalized spacial score (nSPS) is 16.0. The van der Waals surface area contributed by atoms with E-state index in [0.29, 0.717) is 36.8 Å². The maximum atomic E-state index is 14.0. The molecule has 2 heterocycles. The third-order valence-electron chi connectivity index (χ3n) is 7.62. The second-order valence-electron chi connectivity index (χ2n) is 10.3. The smallest absolute Gasteiger partial charge is 0.271 e. The number of benzene rings is 4. The molecule has 1 aliphatic carbocycles. The Morgan fingerprint density at radius 3 is 2.55 bits per heavy atom. The standard InChI is InChI=1S/C34H23Cl3N2O2S/c35-24-12-8-22(9-13-24)32-28-15-11-21-5-1-2-7-27(21)31(28)38-34-39(32)33(40)30(42-34)17-20-4-3-6-26(16-20)41-19-23-10-14-25(36)18-29(23)37/h1-10,12-14,16-18,32H,11,15,19H2/b30-17+/t32-/m0/s1. The molecule has 0 saturated heterocycles. The molecule has 4 nitrogen and oxygen atoms in total. The molecule has 0 unspecified atom stereocenters. The van der Waals surface area contributed by atoms with E-state index in [1.54, 1.807) is 12.1 Å². The fraction of sp³-hybridized carbons (Fsp3) is 0.118. The van der Waals surface area contributed by atoms with Gasteiger partial charge in [-0.05, 0) is 77.6 Å². The maximum Gasteiger partial charge on any atom is 0.271 e. The summed E-state index contributed by atoms with van der Waals surface area (Å²) in [5, 5.41) is 1.80. The molecule has 208 valence electrons. The second kappa shape index (κ2) is 11.2. The number of ether oxygens (including phenoxy) is 1. The van der Waals surface area contributed by atoms with Crippen LogP contribution in [-0.4, -0.2) is 4.57 Å². The minimum atomic E-state index is -0.247. The van der Waals surface area contributed by atoms with Gasteiger partial charge >= 0.3 is 0 Å². The number of halogens is 3. The summed E-state index contributed by atoms with van der Waals surface area (Å²) < 4.78 is 8.47. The summed E-state index contributed by atoms with van der Waals surface area (Å²) in [5.41, 5.74) is 7.21. The predicted molar refractivity (Wildman–Crippen MR) is 171 cm³/mol. The molecule has 0 spiro atoms. The number of nitrogens with zero attached hydrogens (tertiary/aromatic N) is 2. The van der Waals surface area contributed by atoms with E-state index in [-0.39, 0.29) is 11.6 Å². The number of aryl methyl sites for hydroxylation is 1. The summed E-state index contributed by atoms with van der Waals surface area (Å²) in [5.74, 6) is 0.675. The average Bonchev–Trinajstić information content (AvgIpc) is 3.30. The van der Waals surface area contributed by atoms with Gasteiger partial charge in [0.2, 0.25) is 0 Å². The van der Waals surface area contributed by atoms with Crippen LogP contribution < -0.4 is 19.6 Å². The highest BCUT2D eigenvalue weighted by Gasteiger charge is 2.32. The van der Waals surface area contributed by atoms with Crippen LogP contribution in [0, 0.1) is 0 Å². The fourth-order valence-corrected chi connectivity index (χ4v) is 7.20. The van der Waals surface area contributed by atoms with Crippen LogP contribution in [0.3, 0.4) is 0 Å². The van der Waals surface area contributed by atoms with Crippen LogP contribution in [0.25, 0.3) is 11.8 Å². The molecule has 1 aliphatic heterocycles. The van der Waals surface area contributed by atoms with Crippen molar-refractivity contribution in [3.63, 3.8) is 0 Å². The molecule has 4 aromatic carbocycles. The first-order valence-electron chi connectivity index (χ1n) is 13.5. The van der Waals surface area contributed by atoms with Gasteiger partial charge in [0, 0.05) is 26.2 Å². The van der Waals surface area contributed by atoms with E-state index in [1.165, 1.54) is 16.9 Å². The van der Waals surface area contributed by atoms with E-state index in [9.17, 15) is 4.79 Å². The Labute approximate surface area is 261 Å². The number of allylic oxidation sites excluding steroid dienone is 1. The van der Waals surface area contributed by atoms with Gasteiger partial charge in [-0.15, -0.1) is 0 Å². The monoisotopic (exact) mass is 628 g/mol. The second-order valence-corrected chi connectivity index (χ2v) is 12.6. The quantitative estimate of drug-likeness (QED) is 0.199. The first-order valence-corrected chi connectivity index (χ1v) is 15.4. The molecule has 1 atom stereocenters. The third-order valence-corrected chi connectivity index (χ3v) is 9.45. The van der Waals surface area contributed by atoms with E-state index in [1.807, 2.05) is 71.3 Å². The molecule has 0 fully saturated rings. The lowest BCUT2D eigenvalue weighted by Gasteiger charge is -2.30. The van der Waals surface area contributed by atoms with Gasteiger partial charge in [-0.2, -0.15) is 0 Å². The molecule has 42 heavy (non-hydrogen) atoms. The van der Waals surface area contributed by atoms with Crippen LogP contribution in [0.1, 0.15) is 40.3 Å². The van der Waals surface area contributed by atoms with Crippen LogP contribution >= 0.6 is 46.1 Å². The van der Waals surface area contributed by atoms with E-state index in [4.69, 9.17) is 44.5 Å². The van der Waals surface area contributed by atoms with Gasteiger partial charge in [-0.25, -0.2) is 4.99 Å². The summed E-state index contributed by atoms with van der Waals surface area (Å²) in [6.07, 6.45) is 3.65. The highest BCUT2D eigenvalue weighted by molar-refractivity contribution is 7.07. The van der Waals surface area contributed by atoms with E-state index >= 15 is 0 Å². The van der Waals surface area contributed by atoms with Crippen molar-refractivity contribution in [1.82, 2.24) is 4.57 Å². The Bertz CT molecular complexity index is 2060. The molecular weight excluding hydrogens is 607 g/mol. The lowest BCUT2D eigenvalue weighted by molar-refractivity contribution is 0.306. The number of hydrogen-bond acceptors (Lipinski definition) is 4. The Morgan fingerprint density at radius 1 is 0.905 bits per heavy atom. The van der Waals surface area contributed by atoms with E-state index in [2.05, 4.69) is 18.2 Å². The van der Waals surface area contributed by atoms with Gasteiger partial charge in [0.15, 0.2) is 4.80 Å². The largest absolute Gasteiger partial charge is 0.489 e. The summed E-state index contributed by atoms with van der Waals surface area (Å²) >= 11 is 20.0. The zero-order valence-electron chi connectivity index (χ0n) is 22.2. The van der Waals surface area contributed by atoms with Crippen molar-refractivity contribution in [3.05, 3.63) is 159 Å². The SMILES string of the molecule is O=c1/c(=C\c2cccc(OCc3ccc(Cl)cc3Cl)c2)sc2n1[C@@H](c1ccc(Cl)cc1)C1=C(N=2)c2ccccc2CC1. The summed E-state index contributed by atoms with van der Waals surface area (Å²) in [6, 6.07) is 28.9. The summed E-state index contributed by atoms with van der Waals surface area (Å²) in [6.45, 7) is 0.301. The summed E-state index contributed by atoms with van der Waals surface area (Å²) in [4.78, 5) is 19.8. The molecule has 7 rings (SSSR count). The van der Waals surface area contributed by atoms with Crippen molar-refractivity contribution in [1.29, 1.82) is 0 Å². The molecule has 0 bridgehead atoms. The Hall–Kier alpha value is -3.61. The van der Waals surface area contributed by atoms with Crippen LogP contribution in [-0.2, 0) is 13.0 Å². The average molecular weight is 630 g/mol. The molecule has 2 aliphatic rings. The number of fused-ring (bicyclic) bond motifs is 3. The van der Waals surface area contributed by atoms with Gasteiger partial charge in [0.05, 0.1) is 16.3 Å². The van der Waals surface area contributed by atoms with Crippen molar-refractivity contribution in [2.45, 2.75) is 25.5 Å². The highest BCUT2D eigenvalue weighted by atomic mass is 35.5. The lowest BCUT2D eigenvalue weighted by atomic mass is 9.83. The van der Waals surface area contributed by atoms with Crippen molar-refractivity contribution in [2.24, 2.45) is 4.99 Å². The molecule has 0 amide bonds. The van der Waals surface area contributed by atoms with Crippen LogP contribution in [0.5, 0.6) is 5.75 Å². The van der Waals surface area contributed by atoms with Gasteiger partial charge in [-0.3, -0.25) is 9.36 Å². The molecule has 0 radical (unpaired) electrons. The first-order chi connectivity index (χ1) is 20.4. The summed E-state index contributed by atoms with van der Waals surface area (Å²) in [7, 11) is 0. The number of aromatic nitrogens is 1. The van der Waals surface area contributed by atoms with E-state index in [0.717, 1.165) is 46.4 Å². The van der Waals surface area contributed by atoms with Crippen LogP contribution in [0.4, 0.5) is 0 Å². The highest BCUT2D eigenvalue weighted by Crippen LogP contribution is 2.41. The van der Waals surface area contributed by atoms with Crippen molar-refractivity contribution >= 4 is 57.9 Å². The van der Waals surface area contributed by atoms with Gasteiger partial charge in [0.25, 0.3) is 5.56 Å². The number of rotatable bonds is 5. The zero-order valence-corrected chi connectivity index (χ0v) is 25.3. The van der Waals surface area contributed by atoms with Gasteiger partial charge in [-0.1, -0.05) is 101 Å². The molecule has 0 saturated carbocycles. The topological polar surface area (TPSA) is 43.6 Å². The van der Waals surface area contributed by atoms with E-state index < -0.39 is 0 Å². The number of thiazole rings is 1. The Kier molecular flexibility index (Phi) is 7.28. The van der Waals surface area contributed by atoms with Gasteiger partial charge < -0.3 is 4.74 Å². The molecule has 0 N–H and O–H groups in total. The van der Waals surface area contributed by atoms with Crippen molar-refractivity contribution in [3.8, 4) is 5.75 Å². The molecule has 1 aromatic heterocycles. The van der Waals surface area contributed by atoms with Crippen LogP contribution in [0.15, 0.2) is 106 Å². The lowest BCUT2D eigenvalue weighted by Crippen LogP contribution is -2.38. The van der Waals surface area contributed by atoms with Crippen molar-refractivity contribution < 1.29 is 4.74 Å². The predicted octanol–water partition coefficient (Wildman–Crippen LogP) is 7.86.